The fourth-order valence-electron chi connectivity index (χ4n) is 7.30. The molecule has 0 aromatic carbocycles. The molecule has 4 heterocycles. The Morgan fingerprint density at radius 2 is 1.84 bits per heavy atom. The normalized spacial score (nSPS) is 29.0. The fourth-order valence-corrected chi connectivity index (χ4v) is 7.30. The molecule has 2 N–H and O–H groups in total. The van der Waals surface area contributed by atoms with Crippen LogP contribution in [0.1, 0.15) is 62.1 Å². The summed E-state index contributed by atoms with van der Waals surface area (Å²) in [4.78, 5) is 18.0. The van der Waals surface area contributed by atoms with Crippen molar-refractivity contribution in [3.8, 4) is 0 Å². The van der Waals surface area contributed by atoms with Crippen molar-refractivity contribution in [2.75, 3.05) is 33.9 Å². The molecule has 2 aromatic heterocycles. The van der Waals surface area contributed by atoms with Crippen molar-refractivity contribution in [3.05, 3.63) is 40.1 Å². The molecule has 3 unspecified atom stereocenters. The number of hydrazine groups is 1. The zero-order chi connectivity index (χ0) is 26.6. The molecule has 0 radical (unpaired) electrons. The molecule has 0 spiro atoms. The highest BCUT2D eigenvalue weighted by Crippen LogP contribution is 2.47. The van der Waals surface area contributed by atoms with Crippen molar-refractivity contribution < 1.29 is 17.9 Å². The van der Waals surface area contributed by atoms with Gasteiger partial charge in [0.2, 0.25) is 0 Å². The molecule has 210 valence electrons. The summed E-state index contributed by atoms with van der Waals surface area (Å²) >= 11 is 0. The number of nitrogens with zero attached hydrogens (tertiary/aromatic N) is 4. The van der Waals surface area contributed by atoms with Gasteiger partial charge in [-0.3, -0.25) is 18.8 Å². The summed E-state index contributed by atoms with van der Waals surface area (Å²) in [5.41, 5.74) is 6.07. The Kier molecular flexibility index (Phi) is 7.09. The van der Waals surface area contributed by atoms with Crippen molar-refractivity contribution in [1.82, 2.24) is 29.6 Å². The Hall–Kier alpha value is -1.92. The molecule has 2 aliphatic carbocycles. The van der Waals surface area contributed by atoms with Crippen molar-refractivity contribution in [1.29, 1.82) is 0 Å². The molecule has 4 aliphatic rings. The van der Waals surface area contributed by atoms with Gasteiger partial charge in [0.15, 0.2) is 0 Å². The lowest BCUT2D eigenvalue weighted by Crippen LogP contribution is -2.50. The molecule has 2 aromatic rings. The zero-order valence-electron chi connectivity index (χ0n) is 22.2. The lowest BCUT2D eigenvalue weighted by Gasteiger charge is -2.46. The Morgan fingerprint density at radius 1 is 1.11 bits per heavy atom. The summed E-state index contributed by atoms with van der Waals surface area (Å²) in [6.45, 7) is 2.51. The fraction of sp³-hybridized carbons (Fsp3) is 0.741. The van der Waals surface area contributed by atoms with Crippen molar-refractivity contribution in [2.24, 2.45) is 17.8 Å². The van der Waals surface area contributed by atoms with Gasteiger partial charge in [-0.05, 0) is 55.7 Å². The summed E-state index contributed by atoms with van der Waals surface area (Å²) in [5, 5.41) is 0. The van der Waals surface area contributed by atoms with Gasteiger partial charge in [0.1, 0.15) is 0 Å². The van der Waals surface area contributed by atoms with E-state index in [4.69, 9.17) is 4.74 Å². The Morgan fingerprint density at radius 3 is 2.47 bits per heavy atom. The first-order chi connectivity index (χ1) is 18.2. The number of aromatic nitrogens is 2. The van der Waals surface area contributed by atoms with Crippen LogP contribution in [0.5, 0.6) is 0 Å². The Labute approximate surface area is 221 Å². The highest BCUT2D eigenvalue weighted by molar-refractivity contribution is 5.56. The number of hydrogen-bond acceptors (Lipinski definition) is 6. The molecule has 4 fully saturated rings. The number of halogens is 3. The van der Waals surface area contributed by atoms with Crippen LogP contribution in [0.25, 0.3) is 5.52 Å². The van der Waals surface area contributed by atoms with Crippen LogP contribution in [0.3, 0.4) is 0 Å². The third-order valence-electron chi connectivity index (χ3n) is 9.55. The second-order valence-electron chi connectivity index (χ2n) is 11.9. The molecule has 38 heavy (non-hydrogen) atoms. The molecule has 2 saturated carbocycles. The number of alkyl halides is 3. The number of likely N-dealkylation sites (tertiary alicyclic amines) is 1. The van der Waals surface area contributed by atoms with E-state index in [1.54, 1.807) is 17.9 Å². The van der Waals surface area contributed by atoms with Gasteiger partial charge in [-0.1, -0.05) is 25.7 Å². The summed E-state index contributed by atoms with van der Waals surface area (Å²) in [5.74, 6) is 1.54. The topological polar surface area (TPSA) is 66.2 Å². The second-order valence-corrected chi connectivity index (χ2v) is 11.9. The first kappa shape index (κ1) is 26.3. The van der Waals surface area contributed by atoms with Gasteiger partial charge in [0.05, 0.1) is 30.0 Å². The van der Waals surface area contributed by atoms with E-state index in [-0.39, 0.29) is 29.5 Å². The van der Waals surface area contributed by atoms with Crippen molar-refractivity contribution in [3.63, 3.8) is 0 Å². The molecule has 0 amide bonds. The first-order valence-corrected chi connectivity index (χ1v) is 14.0. The molecule has 2 aliphatic heterocycles. The number of ether oxygens (including phenoxy) is 1. The van der Waals surface area contributed by atoms with E-state index in [0.717, 1.165) is 32.4 Å². The number of pyridine rings is 1. The van der Waals surface area contributed by atoms with Crippen LogP contribution in [0.15, 0.2) is 23.3 Å². The van der Waals surface area contributed by atoms with Crippen LogP contribution in [0.2, 0.25) is 0 Å². The van der Waals surface area contributed by atoms with Crippen molar-refractivity contribution in [2.45, 2.75) is 76.0 Å². The molecule has 11 heteroatoms. The molecular weight excluding hydrogens is 497 g/mol. The van der Waals surface area contributed by atoms with Crippen LogP contribution in [-0.2, 0) is 17.5 Å². The average Bonchev–Trinajstić information content (AvgIpc) is 3.40. The number of hydrogen-bond donors (Lipinski definition) is 2. The number of nitrogens with one attached hydrogen (secondary N) is 2. The molecule has 0 bridgehead atoms. The highest BCUT2D eigenvalue weighted by Gasteiger charge is 2.44. The van der Waals surface area contributed by atoms with Gasteiger partial charge in [0, 0.05) is 45.2 Å². The van der Waals surface area contributed by atoms with E-state index in [1.165, 1.54) is 35.9 Å². The summed E-state index contributed by atoms with van der Waals surface area (Å²) in [6, 6.07) is 1.12. The highest BCUT2D eigenvalue weighted by atomic mass is 19.4. The summed E-state index contributed by atoms with van der Waals surface area (Å²) in [7, 11) is 3.77. The van der Waals surface area contributed by atoms with Gasteiger partial charge < -0.3 is 4.74 Å². The number of fused-ring (bicyclic) bond motifs is 1. The van der Waals surface area contributed by atoms with Crippen LogP contribution < -0.4 is 16.5 Å². The van der Waals surface area contributed by atoms with Gasteiger partial charge in [-0.2, -0.15) is 13.2 Å². The number of imidazole rings is 1. The SMILES string of the molecule is COC1CN(Cc2cc(C(F)(F)F)c3cn(C4CCCC([C@@H](C5CCC5)C5NNCN5C)C4)c(=O)n3c2)C1. The zero-order valence-corrected chi connectivity index (χ0v) is 22.2. The van der Waals surface area contributed by atoms with E-state index in [2.05, 4.69) is 22.8 Å². The monoisotopic (exact) mass is 536 g/mol. The van der Waals surface area contributed by atoms with Crippen molar-refractivity contribution >= 4 is 5.52 Å². The maximum Gasteiger partial charge on any atom is 0.418 e. The first-order valence-electron chi connectivity index (χ1n) is 14.0. The van der Waals surface area contributed by atoms with Crippen LogP contribution in [0, 0.1) is 17.8 Å². The lowest BCUT2D eigenvalue weighted by atomic mass is 9.65. The van der Waals surface area contributed by atoms with Crippen LogP contribution in [-0.4, -0.2) is 65.0 Å². The maximum atomic E-state index is 14.2. The van der Waals surface area contributed by atoms with E-state index in [1.807, 2.05) is 4.90 Å². The van der Waals surface area contributed by atoms with Gasteiger partial charge >= 0.3 is 11.9 Å². The minimum atomic E-state index is -4.54. The number of rotatable bonds is 7. The Bertz CT molecular complexity index is 1200. The van der Waals surface area contributed by atoms with E-state index in [9.17, 15) is 18.0 Å². The third kappa shape index (κ3) is 4.81. The Balaban J connectivity index is 1.30. The van der Waals surface area contributed by atoms with E-state index < -0.39 is 11.7 Å². The minimum absolute atomic E-state index is 0.0521. The number of methoxy groups -OCH3 is 1. The molecular formula is C27H39F3N6O2. The molecule has 4 atom stereocenters. The quantitative estimate of drug-likeness (QED) is 0.566. The lowest BCUT2D eigenvalue weighted by molar-refractivity contribution is -0.136. The minimum Gasteiger partial charge on any atom is -0.379 e. The van der Waals surface area contributed by atoms with Gasteiger partial charge in [0.25, 0.3) is 0 Å². The third-order valence-corrected chi connectivity index (χ3v) is 9.55. The maximum absolute atomic E-state index is 14.2. The van der Waals surface area contributed by atoms with Gasteiger partial charge in [-0.25, -0.2) is 15.6 Å². The smallest absolute Gasteiger partial charge is 0.379 e. The average molecular weight is 537 g/mol. The standard InChI is InChI=1S/C27H39F3N6O2/c1-33-16-31-32-25(33)24(18-5-3-6-18)19-7-4-8-20(10-19)35-15-23-22(27(28,29)30)9-17(12-36(23)26(35)37)11-34-13-21(14-34)38-2/h9,12,15,18-21,24-25,31-32H,3-8,10-11,13-14,16H2,1-2H3/t19?,20?,24-,25?/m1/s1. The molecule has 6 rings (SSSR count). The molecule has 2 saturated heterocycles. The summed E-state index contributed by atoms with van der Waals surface area (Å²) < 4.78 is 50.6. The summed E-state index contributed by atoms with van der Waals surface area (Å²) in [6.07, 6.45) is 6.32. The van der Waals surface area contributed by atoms with Crippen LogP contribution >= 0.6 is 0 Å². The second kappa shape index (κ2) is 10.2. The predicted molar refractivity (Wildman–Crippen MR) is 137 cm³/mol. The molecule has 8 nitrogen and oxygen atoms in total. The van der Waals surface area contributed by atoms with E-state index >= 15 is 0 Å². The largest absolute Gasteiger partial charge is 0.418 e. The predicted octanol–water partition coefficient (Wildman–Crippen LogP) is 3.42. The van der Waals surface area contributed by atoms with Crippen LogP contribution in [0.4, 0.5) is 13.2 Å². The van der Waals surface area contributed by atoms with Gasteiger partial charge in [-0.15, -0.1) is 0 Å². The van der Waals surface area contributed by atoms with E-state index in [0.29, 0.717) is 43.0 Å².